The topological polar surface area (TPSA) is 58.6 Å². The summed E-state index contributed by atoms with van der Waals surface area (Å²) in [6.07, 6.45) is 5.25. The first-order valence-electron chi connectivity index (χ1n) is 11.8. The molecule has 0 radical (unpaired) electrons. The zero-order chi connectivity index (χ0) is 22.4. The van der Waals surface area contributed by atoms with Crippen LogP contribution in [-0.2, 0) is 27.4 Å². The van der Waals surface area contributed by atoms with Crippen molar-refractivity contribution in [2.75, 3.05) is 13.1 Å². The van der Waals surface area contributed by atoms with Gasteiger partial charge in [0, 0.05) is 31.5 Å². The monoisotopic (exact) mass is 434 g/mol. The second-order valence-electron chi connectivity index (χ2n) is 9.37. The summed E-state index contributed by atoms with van der Waals surface area (Å²) in [4.78, 5) is 26.9. The lowest BCUT2D eigenvalue weighted by atomic mass is 9.84. The molecular formula is C27H34N2O3. The number of aryl methyl sites for hydroxylation is 1. The fourth-order valence-corrected chi connectivity index (χ4v) is 4.84. The molecule has 2 heterocycles. The first-order valence-corrected chi connectivity index (χ1v) is 11.8. The van der Waals surface area contributed by atoms with Crippen LogP contribution in [0.4, 0.5) is 0 Å². The summed E-state index contributed by atoms with van der Waals surface area (Å²) in [5.74, 6) is 0.289. The van der Waals surface area contributed by atoms with Crippen molar-refractivity contribution >= 4 is 11.8 Å². The smallest absolute Gasteiger partial charge is 0.222 e. The van der Waals surface area contributed by atoms with Crippen LogP contribution in [-0.4, -0.2) is 41.4 Å². The predicted octanol–water partition coefficient (Wildman–Crippen LogP) is 4.17. The van der Waals surface area contributed by atoms with Gasteiger partial charge in [-0.1, -0.05) is 60.2 Å². The van der Waals surface area contributed by atoms with Gasteiger partial charge >= 0.3 is 0 Å². The van der Waals surface area contributed by atoms with Crippen LogP contribution in [0.3, 0.4) is 0 Å². The molecule has 2 saturated heterocycles. The molecule has 0 saturated carbocycles. The van der Waals surface area contributed by atoms with Crippen LogP contribution < -0.4 is 5.32 Å². The van der Waals surface area contributed by atoms with Crippen molar-refractivity contribution in [1.82, 2.24) is 10.2 Å². The fourth-order valence-electron chi connectivity index (χ4n) is 4.84. The summed E-state index contributed by atoms with van der Waals surface area (Å²) in [6.45, 7) is 4.19. The van der Waals surface area contributed by atoms with Crippen LogP contribution in [0.2, 0.25) is 0 Å². The Balaban J connectivity index is 1.25. The van der Waals surface area contributed by atoms with Gasteiger partial charge in [-0.15, -0.1) is 0 Å². The molecule has 0 aliphatic carbocycles. The summed E-state index contributed by atoms with van der Waals surface area (Å²) in [6, 6.07) is 18.7. The fraction of sp³-hybridized carbons (Fsp3) is 0.481. The third-order valence-corrected chi connectivity index (χ3v) is 6.84. The van der Waals surface area contributed by atoms with Gasteiger partial charge in [0.25, 0.3) is 0 Å². The van der Waals surface area contributed by atoms with E-state index in [-0.39, 0.29) is 23.5 Å². The third-order valence-electron chi connectivity index (χ3n) is 6.84. The maximum atomic E-state index is 12.9. The molecule has 2 amide bonds. The number of amides is 2. The van der Waals surface area contributed by atoms with E-state index in [9.17, 15) is 9.59 Å². The molecule has 170 valence electrons. The molecule has 2 aliphatic rings. The number of benzene rings is 2. The lowest BCUT2D eigenvalue weighted by molar-refractivity contribution is -0.134. The Hall–Kier alpha value is -2.66. The molecule has 0 unspecified atom stereocenters. The van der Waals surface area contributed by atoms with Crippen molar-refractivity contribution in [3.05, 3.63) is 71.3 Å². The van der Waals surface area contributed by atoms with Gasteiger partial charge in [-0.25, -0.2) is 0 Å². The van der Waals surface area contributed by atoms with Crippen LogP contribution >= 0.6 is 0 Å². The lowest BCUT2D eigenvalue weighted by Crippen LogP contribution is -2.46. The van der Waals surface area contributed by atoms with Crippen molar-refractivity contribution in [2.24, 2.45) is 0 Å². The average Bonchev–Trinajstić information content (AvgIpc) is 3.19. The Morgan fingerprint density at radius 2 is 1.78 bits per heavy atom. The molecule has 1 atom stereocenters. The first kappa shape index (κ1) is 22.5. The average molecular weight is 435 g/mol. The van der Waals surface area contributed by atoms with Gasteiger partial charge in [0.1, 0.15) is 0 Å². The number of hydrogen-bond donors (Lipinski definition) is 1. The SMILES string of the molecule is Cc1ccc(C[C@]2(CCC(=O)N3CCC(OCc4ccccc4)CC3)CCC(=O)N2)cc1. The van der Waals surface area contributed by atoms with Gasteiger partial charge in [-0.05, 0) is 50.2 Å². The number of ether oxygens (including phenoxy) is 1. The van der Waals surface area contributed by atoms with Crippen molar-refractivity contribution < 1.29 is 14.3 Å². The van der Waals surface area contributed by atoms with E-state index in [1.165, 1.54) is 16.7 Å². The Bertz CT molecular complexity index is 904. The number of nitrogens with one attached hydrogen (secondary N) is 1. The molecule has 32 heavy (non-hydrogen) atoms. The van der Waals surface area contributed by atoms with E-state index in [1.54, 1.807) is 0 Å². The molecule has 2 aromatic carbocycles. The van der Waals surface area contributed by atoms with E-state index in [4.69, 9.17) is 4.74 Å². The normalized spacial score (nSPS) is 21.5. The van der Waals surface area contributed by atoms with Crippen molar-refractivity contribution in [3.8, 4) is 0 Å². The van der Waals surface area contributed by atoms with E-state index in [0.29, 0.717) is 25.9 Å². The number of piperidine rings is 1. The minimum absolute atomic E-state index is 0.0981. The molecule has 0 aromatic heterocycles. The molecule has 5 heteroatoms. The summed E-state index contributed by atoms with van der Waals surface area (Å²) in [7, 11) is 0. The van der Waals surface area contributed by atoms with E-state index in [0.717, 1.165) is 38.8 Å². The van der Waals surface area contributed by atoms with Gasteiger partial charge < -0.3 is 15.0 Å². The van der Waals surface area contributed by atoms with Crippen LogP contribution in [0.15, 0.2) is 54.6 Å². The van der Waals surface area contributed by atoms with Crippen molar-refractivity contribution in [1.29, 1.82) is 0 Å². The molecule has 0 spiro atoms. The predicted molar refractivity (Wildman–Crippen MR) is 125 cm³/mol. The van der Waals surface area contributed by atoms with Gasteiger partial charge in [-0.2, -0.15) is 0 Å². The molecule has 2 fully saturated rings. The van der Waals surface area contributed by atoms with Crippen LogP contribution in [0, 0.1) is 6.92 Å². The maximum Gasteiger partial charge on any atom is 0.222 e. The Kier molecular flexibility index (Phi) is 7.26. The summed E-state index contributed by atoms with van der Waals surface area (Å²) in [5.41, 5.74) is 3.31. The number of carbonyl (C=O) groups is 2. The zero-order valence-electron chi connectivity index (χ0n) is 19.0. The quantitative estimate of drug-likeness (QED) is 0.678. The number of nitrogens with zero attached hydrogens (tertiary/aromatic N) is 1. The summed E-state index contributed by atoms with van der Waals surface area (Å²) in [5, 5.41) is 3.20. The van der Waals surface area contributed by atoms with Gasteiger partial charge in [-0.3, -0.25) is 9.59 Å². The van der Waals surface area contributed by atoms with Crippen LogP contribution in [0.5, 0.6) is 0 Å². The highest BCUT2D eigenvalue weighted by molar-refractivity contribution is 5.80. The highest BCUT2D eigenvalue weighted by atomic mass is 16.5. The first-order chi connectivity index (χ1) is 15.5. The second kappa shape index (κ2) is 10.3. The number of hydrogen-bond acceptors (Lipinski definition) is 3. The largest absolute Gasteiger partial charge is 0.373 e. The number of likely N-dealkylation sites (tertiary alicyclic amines) is 1. The molecule has 2 aliphatic heterocycles. The van der Waals surface area contributed by atoms with Crippen molar-refractivity contribution in [3.63, 3.8) is 0 Å². The van der Waals surface area contributed by atoms with E-state index in [1.807, 2.05) is 23.1 Å². The Morgan fingerprint density at radius 1 is 1.06 bits per heavy atom. The number of carbonyl (C=O) groups excluding carboxylic acids is 2. The van der Waals surface area contributed by atoms with Gasteiger partial charge in [0.15, 0.2) is 0 Å². The molecule has 1 N–H and O–H groups in total. The van der Waals surface area contributed by atoms with E-state index < -0.39 is 0 Å². The van der Waals surface area contributed by atoms with E-state index in [2.05, 4.69) is 48.6 Å². The van der Waals surface area contributed by atoms with Crippen LogP contribution in [0.25, 0.3) is 0 Å². The molecular weight excluding hydrogens is 400 g/mol. The van der Waals surface area contributed by atoms with Crippen molar-refractivity contribution in [2.45, 2.75) is 70.1 Å². The van der Waals surface area contributed by atoms with E-state index >= 15 is 0 Å². The molecule has 5 nitrogen and oxygen atoms in total. The number of rotatable bonds is 8. The Morgan fingerprint density at radius 3 is 2.44 bits per heavy atom. The Labute approximate surface area is 191 Å². The molecule has 4 rings (SSSR count). The summed E-state index contributed by atoms with van der Waals surface area (Å²) < 4.78 is 6.06. The van der Waals surface area contributed by atoms with Gasteiger partial charge in [0.2, 0.25) is 11.8 Å². The third kappa shape index (κ3) is 5.98. The molecule has 0 bridgehead atoms. The summed E-state index contributed by atoms with van der Waals surface area (Å²) >= 11 is 0. The lowest BCUT2D eigenvalue weighted by Gasteiger charge is -2.34. The zero-order valence-corrected chi connectivity index (χ0v) is 19.0. The highest BCUT2D eigenvalue weighted by Gasteiger charge is 2.38. The maximum absolute atomic E-state index is 12.9. The van der Waals surface area contributed by atoms with Crippen LogP contribution in [0.1, 0.15) is 55.2 Å². The van der Waals surface area contributed by atoms with Gasteiger partial charge in [0.05, 0.1) is 12.7 Å². The highest BCUT2D eigenvalue weighted by Crippen LogP contribution is 2.30. The standard InChI is InChI=1S/C27H34N2O3/c1-21-7-9-22(10-8-21)19-27(15-11-25(30)28-27)16-12-26(31)29-17-13-24(14-18-29)32-20-23-5-3-2-4-6-23/h2-10,24H,11-20H2,1H3,(H,28,30)/t27-/m1/s1. The minimum Gasteiger partial charge on any atom is -0.373 e. The second-order valence-corrected chi connectivity index (χ2v) is 9.37. The molecule has 2 aromatic rings. The minimum atomic E-state index is -0.306.